The average Bonchev–Trinajstić information content (AvgIpc) is 2.52. The van der Waals surface area contributed by atoms with Crippen molar-refractivity contribution in [2.75, 3.05) is 13.7 Å². The van der Waals surface area contributed by atoms with Crippen LogP contribution in [0.1, 0.15) is 13.8 Å². The van der Waals surface area contributed by atoms with E-state index in [1.165, 1.54) is 7.11 Å². The summed E-state index contributed by atoms with van der Waals surface area (Å²) >= 11 is 0. The highest BCUT2D eigenvalue weighted by Crippen LogP contribution is 2.30. The van der Waals surface area contributed by atoms with Crippen LogP contribution >= 0.6 is 0 Å². The van der Waals surface area contributed by atoms with Crippen LogP contribution in [0.15, 0.2) is 0 Å². The van der Waals surface area contributed by atoms with Crippen LogP contribution < -0.4 is 0 Å². The van der Waals surface area contributed by atoms with Crippen molar-refractivity contribution >= 4 is 5.97 Å². The molecule has 1 rings (SSSR count). The van der Waals surface area contributed by atoms with Crippen LogP contribution in [0, 0.1) is 0 Å². The third kappa shape index (κ3) is 2.66. The number of rotatable bonds is 3. The fraction of sp³-hybridized carbons (Fsp3) is 0.889. The largest absolute Gasteiger partial charge is 0.467 e. The number of aliphatic hydroxyl groups excluding tert-OH is 2. The van der Waals surface area contributed by atoms with Crippen molar-refractivity contribution in [1.29, 1.82) is 0 Å². The molecule has 1 heterocycles. The molecule has 0 aromatic heterocycles. The van der Waals surface area contributed by atoms with Crippen molar-refractivity contribution in [3.8, 4) is 0 Å². The molecule has 0 bridgehead atoms. The lowest BCUT2D eigenvalue weighted by molar-refractivity contribution is -0.169. The van der Waals surface area contributed by atoms with E-state index in [1.54, 1.807) is 13.8 Å². The Balaban J connectivity index is 2.79. The van der Waals surface area contributed by atoms with Crippen molar-refractivity contribution < 1.29 is 29.2 Å². The van der Waals surface area contributed by atoms with Crippen LogP contribution in [-0.4, -0.2) is 54.0 Å². The van der Waals surface area contributed by atoms with Crippen molar-refractivity contribution in [2.24, 2.45) is 0 Å². The van der Waals surface area contributed by atoms with E-state index < -0.39 is 36.7 Å². The minimum Gasteiger partial charge on any atom is -0.467 e. The molecular weight excluding hydrogens is 204 g/mol. The van der Waals surface area contributed by atoms with Gasteiger partial charge >= 0.3 is 5.97 Å². The minimum atomic E-state index is -1.17. The smallest absolute Gasteiger partial charge is 0.337 e. The molecule has 1 fully saturated rings. The van der Waals surface area contributed by atoms with E-state index in [2.05, 4.69) is 4.74 Å². The summed E-state index contributed by atoms with van der Waals surface area (Å²) in [6, 6.07) is 0. The van der Waals surface area contributed by atoms with Crippen molar-refractivity contribution in [3.63, 3.8) is 0 Å². The average molecular weight is 220 g/mol. The minimum absolute atomic E-state index is 0.502. The first-order valence-electron chi connectivity index (χ1n) is 4.63. The highest BCUT2D eigenvalue weighted by molar-refractivity contribution is 5.75. The zero-order valence-corrected chi connectivity index (χ0v) is 8.97. The van der Waals surface area contributed by atoms with E-state index in [9.17, 15) is 9.90 Å². The molecule has 0 saturated carbocycles. The molecule has 88 valence electrons. The van der Waals surface area contributed by atoms with E-state index in [0.717, 1.165) is 0 Å². The van der Waals surface area contributed by atoms with Crippen molar-refractivity contribution in [1.82, 2.24) is 0 Å². The lowest BCUT2D eigenvalue weighted by Crippen LogP contribution is -2.42. The molecule has 0 aromatic carbocycles. The van der Waals surface area contributed by atoms with Gasteiger partial charge in [-0.05, 0) is 13.8 Å². The maximum Gasteiger partial charge on any atom is 0.337 e. The Morgan fingerprint density at radius 2 is 2.13 bits per heavy atom. The van der Waals surface area contributed by atoms with Crippen molar-refractivity contribution in [3.05, 3.63) is 0 Å². The Morgan fingerprint density at radius 1 is 1.53 bits per heavy atom. The van der Waals surface area contributed by atoms with Crippen LogP contribution in [0.25, 0.3) is 0 Å². The predicted octanol–water partition coefficient (Wildman–Crippen LogP) is -0.967. The number of hydrogen-bond donors (Lipinski definition) is 2. The summed E-state index contributed by atoms with van der Waals surface area (Å²) in [5.74, 6) is -1.60. The second-order valence-corrected chi connectivity index (χ2v) is 3.79. The molecule has 0 amide bonds. The molecule has 0 unspecified atom stereocenters. The number of methoxy groups -OCH3 is 1. The van der Waals surface area contributed by atoms with E-state index in [4.69, 9.17) is 14.6 Å². The molecule has 1 saturated heterocycles. The Kier molecular flexibility index (Phi) is 3.67. The highest BCUT2D eigenvalue weighted by atomic mass is 16.8. The number of hydrogen-bond acceptors (Lipinski definition) is 6. The summed E-state index contributed by atoms with van der Waals surface area (Å²) in [6.45, 7) is 2.73. The van der Waals surface area contributed by atoms with Crippen molar-refractivity contribution in [2.45, 2.75) is 37.9 Å². The van der Waals surface area contributed by atoms with Crippen LogP contribution in [0.3, 0.4) is 0 Å². The van der Waals surface area contributed by atoms with Gasteiger partial charge in [0.25, 0.3) is 0 Å². The third-order valence-electron chi connectivity index (χ3n) is 2.13. The fourth-order valence-electron chi connectivity index (χ4n) is 1.47. The Labute approximate surface area is 87.7 Å². The van der Waals surface area contributed by atoms with Crippen LogP contribution in [-0.2, 0) is 19.0 Å². The summed E-state index contributed by atoms with van der Waals surface area (Å²) in [6.07, 6.45) is -3.08. The maximum atomic E-state index is 11.3. The first kappa shape index (κ1) is 12.4. The fourth-order valence-corrected chi connectivity index (χ4v) is 1.47. The maximum absolute atomic E-state index is 11.3. The molecule has 0 spiro atoms. The molecule has 0 aliphatic carbocycles. The second kappa shape index (κ2) is 4.44. The van der Waals surface area contributed by atoms with Gasteiger partial charge in [-0.1, -0.05) is 0 Å². The van der Waals surface area contributed by atoms with Gasteiger partial charge in [-0.15, -0.1) is 0 Å². The summed E-state index contributed by atoms with van der Waals surface area (Å²) in [4.78, 5) is 11.3. The molecular formula is C9H16O6. The molecule has 15 heavy (non-hydrogen) atoms. The van der Waals surface area contributed by atoms with Gasteiger partial charge < -0.3 is 24.4 Å². The Morgan fingerprint density at radius 3 is 2.60 bits per heavy atom. The monoisotopic (exact) mass is 220 g/mol. The molecule has 0 radical (unpaired) electrons. The van der Waals surface area contributed by atoms with E-state index in [-0.39, 0.29) is 0 Å². The Bertz CT molecular complexity index is 239. The topological polar surface area (TPSA) is 85.2 Å². The van der Waals surface area contributed by atoms with Crippen LogP contribution in [0.5, 0.6) is 0 Å². The zero-order valence-electron chi connectivity index (χ0n) is 8.97. The number of carbonyl (C=O) groups excluding carboxylic acids is 1. The van der Waals surface area contributed by atoms with Gasteiger partial charge in [0.05, 0.1) is 13.7 Å². The van der Waals surface area contributed by atoms with Gasteiger partial charge in [0.15, 0.2) is 11.9 Å². The number of ether oxygens (including phenoxy) is 3. The van der Waals surface area contributed by atoms with Gasteiger partial charge in [0.2, 0.25) is 0 Å². The lowest BCUT2D eigenvalue weighted by Gasteiger charge is -2.19. The number of carbonyl (C=O) groups is 1. The number of aliphatic hydroxyl groups is 2. The third-order valence-corrected chi connectivity index (χ3v) is 2.13. The Hall–Kier alpha value is -0.690. The summed E-state index contributed by atoms with van der Waals surface area (Å²) in [5.41, 5.74) is 0. The molecule has 1 aliphatic heterocycles. The molecule has 1 aliphatic rings. The second-order valence-electron chi connectivity index (χ2n) is 3.79. The lowest BCUT2D eigenvalue weighted by atomic mass is 10.1. The summed E-state index contributed by atoms with van der Waals surface area (Å²) in [7, 11) is 1.22. The molecule has 0 aromatic rings. The van der Waals surface area contributed by atoms with E-state index >= 15 is 0 Å². The van der Waals surface area contributed by atoms with Crippen LogP contribution in [0.4, 0.5) is 0 Å². The zero-order chi connectivity index (χ0) is 11.6. The summed E-state index contributed by atoms with van der Waals surface area (Å²) < 4.78 is 15.1. The SMILES string of the molecule is COC(=O)[C@@H]1OC(C)(C)O[C@H]1[C@H](O)CO. The molecule has 3 atom stereocenters. The van der Waals surface area contributed by atoms with E-state index in [1.807, 2.05) is 0 Å². The molecule has 6 heteroatoms. The predicted molar refractivity (Wildman–Crippen MR) is 48.9 cm³/mol. The molecule has 2 N–H and O–H groups in total. The van der Waals surface area contributed by atoms with E-state index in [0.29, 0.717) is 0 Å². The summed E-state index contributed by atoms with van der Waals surface area (Å²) in [5, 5.41) is 18.2. The van der Waals surface area contributed by atoms with Gasteiger partial charge in [-0.3, -0.25) is 0 Å². The van der Waals surface area contributed by atoms with Crippen LogP contribution in [0.2, 0.25) is 0 Å². The van der Waals surface area contributed by atoms with Gasteiger partial charge in [-0.25, -0.2) is 4.79 Å². The van der Waals surface area contributed by atoms with Gasteiger partial charge in [-0.2, -0.15) is 0 Å². The molecule has 6 nitrogen and oxygen atoms in total. The normalized spacial score (nSPS) is 31.3. The first-order valence-corrected chi connectivity index (χ1v) is 4.63. The highest BCUT2D eigenvalue weighted by Gasteiger charge is 2.48. The first-order chi connectivity index (χ1) is 6.91. The van der Waals surface area contributed by atoms with Gasteiger partial charge in [0, 0.05) is 0 Å². The number of esters is 1. The quantitative estimate of drug-likeness (QED) is 0.595. The standard InChI is InChI=1S/C9H16O6/c1-9(2)14-6(5(11)4-10)7(15-9)8(12)13-3/h5-7,10-11H,4H2,1-3H3/t5-,6+,7-/m1/s1. The van der Waals surface area contributed by atoms with Gasteiger partial charge in [0.1, 0.15) is 12.2 Å².